The van der Waals surface area contributed by atoms with Gasteiger partial charge in [-0.1, -0.05) is 20.8 Å². The maximum absolute atomic E-state index is 11.8. The lowest BCUT2D eigenvalue weighted by Crippen LogP contribution is -2.47. The first-order valence-electron chi connectivity index (χ1n) is 5.98. The van der Waals surface area contributed by atoms with Gasteiger partial charge in [0.25, 0.3) is 0 Å². The van der Waals surface area contributed by atoms with Crippen LogP contribution in [0.4, 0.5) is 5.82 Å². The number of nitrogen functional groups attached to an aromatic ring is 1. The number of carbonyl (C=O) groups excluding carboxylic acids is 1. The number of amides is 1. The molecule has 2 rings (SSSR count). The Morgan fingerprint density at radius 1 is 1.53 bits per heavy atom. The van der Waals surface area contributed by atoms with Gasteiger partial charge in [-0.2, -0.15) is 5.10 Å². The van der Waals surface area contributed by atoms with Crippen molar-refractivity contribution in [2.24, 2.45) is 5.41 Å². The average Bonchev–Trinajstić information content (AvgIpc) is 2.55. The maximum Gasteiger partial charge on any atom is 0.225 e. The van der Waals surface area contributed by atoms with Gasteiger partial charge >= 0.3 is 0 Å². The average molecular weight is 236 g/mol. The predicted molar refractivity (Wildman–Crippen MR) is 66.4 cm³/mol. The lowest BCUT2D eigenvalue weighted by atomic mass is 9.77. The number of hydrogen-bond acceptors (Lipinski definition) is 3. The summed E-state index contributed by atoms with van der Waals surface area (Å²) in [7, 11) is 0. The normalized spacial score (nSPS) is 24.2. The lowest BCUT2D eigenvalue weighted by Gasteiger charge is -2.36. The molecule has 1 amide bonds. The highest BCUT2D eigenvalue weighted by molar-refractivity contribution is 5.81. The van der Waals surface area contributed by atoms with Crippen molar-refractivity contribution < 1.29 is 4.79 Å². The Hall–Kier alpha value is -1.52. The summed E-state index contributed by atoms with van der Waals surface area (Å²) in [5.74, 6) is 1.09. The van der Waals surface area contributed by atoms with E-state index < -0.39 is 0 Å². The fourth-order valence-corrected chi connectivity index (χ4v) is 1.95. The Labute approximate surface area is 101 Å². The second kappa shape index (κ2) is 4.05. The molecule has 0 radical (unpaired) electrons. The molecule has 4 N–H and O–H groups in total. The monoisotopic (exact) mass is 236 g/mol. The summed E-state index contributed by atoms with van der Waals surface area (Å²) < 4.78 is 0. The third-order valence-electron chi connectivity index (χ3n) is 3.21. The number of rotatable bonds is 2. The Bertz CT molecular complexity index is 412. The summed E-state index contributed by atoms with van der Waals surface area (Å²) in [4.78, 5) is 11.8. The molecule has 5 nitrogen and oxygen atoms in total. The van der Waals surface area contributed by atoms with Gasteiger partial charge < -0.3 is 11.1 Å². The lowest BCUT2D eigenvalue weighted by molar-refractivity contribution is -0.129. The van der Waals surface area contributed by atoms with Crippen LogP contribution in [0.2, 0.25) is 0 Å². The Morgan fingerprint density at radius 3 is 2.65 bits per heavy atom. The number of H-pyrrole nitrogens is 1. The van der Waals surface area contributed by atoms with Gasteiger partial charge in [-0.15, -0.1) is 0 Å². The minimum absolute atomic E-state index is 0.116. The Kier molecular flexibility index (Phi) is 2.85. The van der Waals surface area contributed by atoms with Gasteiger partial charge in [-0.05, 0) is 12.8 Å². The van der Waals surface area contributed by atoms with Crippen molar-refractivity contribution in [1.29, 1.82) is 0 Å². The molecule has 1 aromatic rings. The molecule has 1 aliphatic rings. The van der Waals surface area contributed by atoms with Crippen LogP contribution in [0, 0.1) is 5.41 Å². The number of nitrogens with one attached hydrogen (secondary N) is 2. The van der Waals surface area contributed by atoms with Crippen molar-refractivity contribution in [3.05, 3.63) is 11.8 Å². The van der Waals surface area contributed by atoms with E-state index in [1.54, 1.807) is 0 Å². The third kappa shape index (κ3) is 2.60. The summed E-state index contributed by atoms with van der Waals surface area (Å²) in [6.07, 6.45) is 1.92. The number of nitrogens with zero attached hydrogens (tertiary/aromatic N) is 1. The van der Waals surface area contributed by atoms with E-state index in [9.17, 15) is 4.79 Å². The van der Waals surface area contributed by atoms with E-state index >= 15 is 0 Å². The van der Waals surface area contributed by atoms with Crippen molar-refractivity contribution in [2.45, 2.75) is 45.6 Å². The molecular weight excluding hydrogens is 216 g/mol. The van der Waals surface area contributed by atoms with Gasteiger partial charge in [0.15, 0.2) is 0 Å². The number of aromatic nitrogens is 2. The second-order valence-electron chi connectivity index (χ2n) is 5.84. The van der Waals surface area contributed by atoms with E-state index in [0.29, 0.717) is 11.7 Å². The smallest absolute Gasteiger partial charge is 0.225 e. The minimum Gasteiger partial charge on any atom is -0.382 e. The van der Waals surface area contributed by atoms with E-state index in [4.69, 9.17) is 5.73 Å². The standard InChI is InChI=1S/C12H20N4O/c1-12(2,3)11(17)14-8-4-7(5-8)9-6-10(13)16-15-9/h6-8H,4-5H2,1-3H3,(H,14,17)(H3,13,15,16)/t7-,8+. The quantitative estimate of drug-likeness (QED) is 0.725. The fourth-order valence-electron chi connectivity index (χ4n) is 1.95. The Balaban J connectivity index is 1.82. The minimum atomic E-state index is -0.316. The van der Waals surface area contributed by atoms with Crippen molar-refractivity contribution in [3.63, 3.8) is 0 Å². The molecule has 1 aromatic heterocycles. The van der Waals surface area contributed by atoms with E-state index in [-0.39, 0.29) is 17.4 Å². The van der Waals surface area contributed by atoms with Crippen LogP contribution in [0.15, 0.2) is 6.07 Å². The van der Waals surface area contributed by atoms with Gasteiger partial charge in [0.1, 0.15) is 5.82 Å². The van der Waals surface area contributed by atoms with Crippen LogP contribution in [0.5, 0.6) is 0 Å². The highest BCUT2D eigenvalue weighted by atomic mass is 16.2. The molecule has 1 saturated carbocycles. The molecule has 1 fully saturated rings. The molecule has 0 aliphatic heterocycles. The van der Waals surface area contributed by atoms with E-state index in [2.05, 4.69) is 15.5 Å². The highest BCUT2D eigenvalue weighted by Crippen LogP contribution is 2.36. The number of hydrogen-bond donors (Lipinski definition) is 3. The third-order valence-corrected chi connectivity index (χ3v) is 3.21. The Morgan fingerprint density at radius 2 is 2.18 bits per heavy atom. The van der Waals surface area contributed by atoms with Crippen LogP contribution in [0.1, 0.15) is 45.2 Å². The van der Waals surface area contributed by atoms with Crippen LogP contribution in [0.3, 0.4) is 0 Å². The van der Waals surface area contributed by atoms with Gasteiger partial charge in [0.05, 0.1) is 0 Å². The summed E-state index contributed by atoms with van der Waals surface area (Å²) in [6, 6.07) is 2.16. The van der Waals surface area contributed by atoms with Crippen LogP contribution in [-0.2, 0) is 4.79 Å². The van der Waals surface area contributed by atoms with Gasteiger partial charge in [0.2, 0.25) is 5.91 Å². The zero-order chi connectivity index (χ0) is 12.6. The molecular formula is C12H20N4O. The first-order chi connectivity index (χ1) is 7.86. The topological polar surface area (TPSA) is 83.8 Å². The summed E-state index contributed by atoms with van der Waals surface area (Å²) in [5, 5.41) is 9.89. The SMILES string of the molecule is CC(C)(C)C(=O)N[C@H]1C[C@@H](c2cc(N)n[nH]2)C1. The zero-order valence-corrected chi connectivity index (χ0v) is 10.6. The summed E-state index contributed by atoms with van der Waals surface area (Å²) in [5.41, 5.74) is 6.31. The summed E-state index contributed by atoms with van der Waals surface area (Å²) >= 11 is 0. The highest BCUT2D eigenvalue weighted by Gasteiger charge is 2.34. The van der Waals surface area contributed by atoms with Crippen LogP contribution in [0.25, 0.3) is 0 Å². The van der Waals surface area contributed by atoms with Crippen molar-refractivity contribution in [2.75, 3.05) is 5.73 Å². The molecule has 0 atom stereocenters. The molecule has 1 aliphatic carbocycles. The molecule has 94 valence electrons. The molecule has 0 aromatic carbocycles. The largest absolute Gasteiger partial charge is 0.382 e. The first-order valence-corrected chi connectivity index (χ1v) is 5.98. The molecule has 5 heteroatoms. The van der Waals surface area contributed by atoms with Crippen LogP contribution in [-0.4, -0.2) is 22.1 Å². The van der Waals surface area contributed by atoms with E-state index in [0.717, 1.165) is 18.5 Å². The number of anilines is 1. The number of aromatic amines is 1. The zero-order valence-electron chi connectivity index (χ0n) is 10.6. The van der Waals surface area contributed by atoms with Crippen molar-refractivity contribution in [3.8, 4) is 0 Å². The van der Waals surface area contributed by atoms with Crippen LogP contribution >= 0.6 is 0 Å². The van der Waals surface area contributed by atoms with Crippen LogP contribution < -0.4 is 11.1 Å². The number of carbonyl (C=O) groups is 1. The fraction of sp³-hybridized carbons (Fsp3) is 0.667. The second-order valence-corrected chi connectivity index (χ2v) is 5.84. The molecule has 17 heavy (non-hydrogen) atoms. The van der Waals surface area contributed by atoms with E-state index in [1.807, 2.05) is 26.8 Å². The summed E-state index contributed by atoms with van der Waals surface area (Å²) in [6.45, 7) is 5.77. The van der Waals surface area contributed by atoms with Gasteiger partial charge in [0, 0.05) is 29.1 Å². The molecule has 0 bridgehead atoms. The maximum atomic E-state index is 11.8. The molecule has 0 unspecified atom stereocenters. The molecule has 0 saturated heterocycles. The number of nitrogens with two attached hydrogens (primary N) is 1. The van der Waals surface area contributed by atoms with Crippen molar-refractivity contribution >= 4 is 11.7 Å². The van der Waals surface area contributed by atoms with E-state index in [1.165, 1.54) is 0 Å². The van der Waals surface area contributed by atoms with Crippen molar-refractivity contribution in [1.82, 2.24) is 15.5 Å². The molecule has 1 heterocycles. The first kappa shape index (κ1) is 12.0. The molecule has 0 spiro atoms. The van der Waals surface area contributed by atoms with Gasteiger partial charge in [-0.25, -0.2) is 0 Å². The predicted octanol–water partition coefficient (Wildman–Crippen LogP) is 1.40. The van der Waals surface area contributed by atoms with Gasteiger partial charge in [-0.3, -0.25) is 9.89 Å².